The van der Waals surface area contributed by atoms with Gasteiger partial charge in [-0.1, -0.05) is 84.2 Å². The Morgan fingerprint density at radius 3 is 2.38 bits per heavy atom. The van der Waals surface area contributed by atoms with Gasteiger partial charge in [0.2, 0.25) is 0 Å². The highest BCUT2D eigenvalue weighted by Gasteiger charge is 2.25. The zero-order valence-electron chi connectivity index (χ0n) is 18.7. The van der Waals surface area contributed by atoms with Crippen LogP contribution in [0, 0.1) is 5.92 Å². The first-order valence-corrected chi connectivity index (χ1v) is 13.1. The van der Waals surface area contributed by atoms with Crippen molar-refractivity contribution in [3.8, 4) is 0 Å². The molecule has 1 amide bonds. The third-order valence-corrected chi connectivity index (χ3v) is 7.08. The Morgan fingerprint density at radius 1 is 1.09 bits per heavy atom. The number of nitrogens with one attached hydrogen (secondary N) is 1. The molecule has 2 aromatic carbocycles. The predicted molar refractivity (Wildman–Crippen MR) is 142 cm³/mol. The largest absolute Gasteiger partial charge is 0.342 e. The van der Waals surface area contributed by atoms with Gasteiger partial charge in [0.25, 0.3) is 5.91 Å². The average molecular weight is 558 g/mol. The number of thioether (sulfide) groups is 1. The van der Waals surface area contributed by atoms with Crippen LogP contribution in [0.5, 0.6) is 0 Å². The Labute approximate surface area is 223 Å². The summed E-state index contributed by atoms with van der Waals surface area (Å²) in [6.45, 7) is 8.53. The van der Waals surface area contributed by atoms with Crippen molar-refractivity contribution >= 4 is 64.1 Å². The number of hydrogen-bond acceptors (Lipinski definition) is 4. The summed E-state index contributed by atoms with van der Waals surface area (Å²) >= 11 is 26.1. The highest BCUT2D eigenvalue weighted by Crippen LogP contribution is 2.31. The maximum atomic E-state index is 13.0. The molecular formula is C24H24Cl4N4OS. The topological polar surface area (TPSA) is 59.8 Å². The van der Waals surface area contributed by atoms with Crippen LogP contribution in [-0.4, -0.2) is 20.7 Å². The fourth-order valence-corrected chi connectivity index (χ4v) is 5.36. The van der Waals surface area contributed by atoms with Gasteiger partial charge >= 0.3 is 0 Å². The van der Waals surface area contributed by atoms with E-state index in [9.17, 15) is 4.79 Å². The third-order valence-electron chi connectivity index (χ3n) is 4.93. The number of nitrogens with zero attached hydrogens (tertiary/aromatic N) is 3. The van der Waals surface area contributed by atoms with E-state index >= 15 is 0 Å². The van der Waals surface area contributed by atoms with E-state index in [2.05, 4.69) is 35.9 Å². The molecule has 1 aromatic heterocycles. The molecule has 3 aromatic rings. The summed E-state index contributed by atoms with van der Waals surface area (Å²) < 4.78 is 1.96. The minimum Gasteiger partial charge on any atom is -0.342 e. The maximum absolute atomic E-state index is 13.0. The second kappa shape index (κ2) is 12.3. The first-order chi connectivity index (χ1) is 16.2. The van der Waals surface area contributed by atoms with E-state index in [1.807, 2.05) is 10.6 Å². The summed E-state index contributed by atoms with van der Waals surface area (Å²) in [7, 11) is 0. The smallest absolute Gasteiger partial charge is 0.253 e. The second-order valence-corrected chi connectivity index (χ2v) is 10.7. The fourth-order valence-electron chi connectivity index (χ4n) is 3.36. The van der Waals surface area contributed by atoms with Crippen molar-refractivity contribution in [1.29, 1.82) is 0 Å². The molecule has 5 nitrogen and oxygen atoms in total. The normalized spacial score (nSPS) is 12.1. The molecule has 0 saturated heterocycles. The molecule has 0 saturated carbocycles. The molecule has 0 bridgehead atoms. The monoisotopic (exact) mass is 556 g/mol. The minimum atomic E-state index is -0.375. The van der Waals surface area contributed by atoms with Crippen molar-refractivity contribution in [3.63, 3.8) is 0 Å². The highest BCUT2D eigenvalue weighted by molar-refractivity contribution is 7.98. The number of allylic oxidation sites excluding steroid dienone is 1. The van der Waals surface area contributed by atoms with E-state index < -0.39 is 0 Å². The van der Waals surface area contributed by atoms with Gasteiger partial charge in [-0.25, -0.2) is 0 Å². The quantitative estimate of drug-likeness (QED) is 0.203. The number of carbonyl (C=O) groups excluding carboxylic acids is 1. The van der Waals surface area contributed by atoms with Crippen molar-refractivity contribution in [2.24, 2.45) is 5.92 Å². The average Bonchev–Trinajstić information content (AvgIpc) is 3.15. The van der Waals surface area contributed by atoms with E-state index in [-0.39, 0.29) is 17.0 Å². The van der Waals surface area contributed by atoms with E-state index in [0.29, 0.717) is 56.2 Å². The Balaban J connectivity index is 1.87. The molecule has 10 heteroatoms. The molecule has 1 heterocycles. The van der Waals surface area contributed by atoms with Crippen molar-refractivity contribution < 1.29 is 4.79 Å². The lowest BCUT2D eigenvalue weighted by atomic mass is 10.0. The zero-order valence-corrected chi connectivity index (χ0v) is 22.5. The molecule has 0 aliphatic carbocycles. The van der Waals surface area contributed by atoms with Gasteiger partial charge in [-0.05, 0) is 48.2 Å². The maximum Gasteiger partial charge on any atom is 0.253 e. The van der Waals surface area contributed by atoms with Crippen molar-refractivity contribution in [2.75, 3.05) is 0 Å². The Kier molecular flexibility index (Phi) is 9.74. The van der Waals surface area contributed by atoms with Gasteiger partial charge in [-0.15, -0.1) is 16.8 Å². The minimum absolute atomic E-state index is 0.289. The summed E-state index contributed by atoms with van der Waals surface area (Å²) in [4.78, 5) is 13.0. The van der Waals surface area contributed by atoms with Gasteiger partial charge in [0.05, 0.1) is 16.6 Å². The molecule has 0 spiro atoms. The summed E-state index contributed by atoms with van der Waals surface area (Å²) in [5.41, 5.74) is 1.29. The SMILES string of the molecule is C=CCn1c(SCc2ccc(Cl)cc2Cl)nnc1[C@@H](CC(C)C)NC(=O)c1ccc(Cl)cc1Cl. The predicted octanol–water partition coefficient (Wildman–Crippen LogP) is 7.89. The van der Waals surface area contributed by atoms with Gasteiger partial charge in [0.15, 0.2) is 11.0 Å². The van der Waals surface area contributed by atoms with E-state index in [0.717, 1.165) is 5.56 Å². The third kappa shape index (κ3) is 6.92. The molecule has 1 N–H and O–H groups in total. The Morgan fingerprint density at radius 2 is 1.76 bits per heavy atom. The number of aromatic nitrogens is 3. The molecule has 0 aliphatic rings. The van der Waals surface area contributed by atoms with Crippen LogP contribution in [0.25, 0.3) is 0 Å². The van der Waals surface area contributed by atoms with E-state index in [1.165, 1.54) is 11.8 Å². The second-order valence-electron chi connectivity index (χ2n) is 8.04. The van der Waals surface area contributed by atoms with Crippen LogP contribution in [-0.2, 0) is 12.3 Å². The Hall–Kier alpha value is -1.70. The number of benzene rings is 2. The molecule has 0 fully saturated rings. The molecule has 3 rings (SSSR count). The number of amides is 1. The van der Waals surface area contributed by atoms with Crippen LogP contribution in [0.2, 0.25) is 20.1 Å². The highest BCUT2D eigenvalue weighted by atomic mass is 35.5. The number of rotatable bonds is 10. The summed E-state index contributed by atoms with van der Waals surface area (Å²) in [6.07, 6.45) is 2.44. The molecule has 0 aliphatic heterocycles. The lowest BCUT2D eigenvalue weighted by Gasteiger charge is -2.21. The molecular weight excluding hydrogens is 534 g/mol. The van der Waals surface area contributed by atoms with Crippen LogP contribution in [0.15, 0.2) is 54.2 Å². The lowest BCUT2D eigenvalue weighted by Crippen LogP contribution is -2.32. The van der Waals surface area contributed by atoms with Crippen molar-refractivity contribution in [2.45, 2.75) is 43.8 Å². The molecule has 0 radical (unpaired) electrons. The lowest BCUT2D eigenvalue weighted by molar-refractivity contribution is 0.0929. The van der Waals surface area contributed by atoms with Gasteiger partial charge in [-0.2, -0.15) is 0 Å². The molecule has 0 unspecified atom stereocenters. The van der Waals surface area contributed by atoms with E-state index in [1.54, 1.807) is 36.4 Å². The molecule has 1 atom stereocenters. The van der Waals surface area contributed by atoms with Crippen LogP contribution in [0.1, 0.15) is 48.1 Å². The zero-order chi connectivity index (χ0) is 24.8. The van der Waals surface area contributed by atoms with Gasteiger partial charge in [-0.3, -0.25) is 4.79 Å². The number of carbonyl (C=O) groups is 1. The summed E-state index contributed by atoms with van der Waals surface area (Å²) in [5, 5.41) is 14.6. The number of hydrogen-bond donors (Lipinski definition) is 1. The Bertz CT molecular complexity index is 1180. The van der Waals surface area contributed by atoms with Crippen molar-refractivity contribution in [1.82, 2.24) is 20.1 Å². The standard InChI is InChI=1S/C24H24Cl4N4OS/c1-4-9-32-22(30-31-24(32)34-13-15-5-6-16(25)11-19(15)27)21(10-14(2)3)29-23(33)18-8-7-17(26)12-20(18)28/h4-8,11-12,14,21H,1,9-10,13H2,2-3H3,(H,29,33)/t21-/m1/s1. The first kappa shape index (κ1) is 26.9. The van der Waals surface area contributed by atoms with Gasteiger partial charge < -0.3 is 9.88 Å². The molecule has 180 valence electrons. The first-order valence-electron chi connectivity index (χ1n) is 10.6. The van der Waals surface area contributed by atoms with Crippen LogP contribution in [0.4, 0.5) is 0 Å². The summed E-state index contributed by atoms with van der Waals surface area (Å²) in [5.74, 6) is 1.23. The van der Waals surface area contributed by atoms with Crippen molar-refractivity contribution in [3.05, 3.63) is 86.1 Å². The fraction of sp³-hybridized carbons (Fsp3) is 0.292. The number of halogens is 4. The van der Waals surface area contributed by atoms with Crippen LogP contribution in [0.3, 0.4) is 0 Å². The van der Waals surface area contributed by atoms with Crippen LogP contribution >= 0.6 is 58.2 Å². The van der Waals surface area contributed by atoms with Crippen LogP contribution < -0.4 is 5.32 Å². The van der Waals surface area contributed by atoms with Gasteiger partial charge in [0.1, 0.15) is 0 Å². The van der Waals surface area contributed by atoms with E-state index in [4.69, 9.17) is 46.4 Å². The van der Waals surface area contributed by atoms with Gasteiger partial charge in [0, 0.05) is 27.4 Å². The molecule has 34 heavy (non-hydrogen) atoms. The summed E-state index contributed by atoms with van der Waals surface area (Å²) in [6, 6.07) is 9.83.